The molecule has 7 nitrogen and oxygen atoms in total. The smallest absolute Gasteiger partial charge is 0.228 e. The van der Waals surface area contributed by atoms with Gasteiger partial charge in [0.1, 0.15) is 11.6 Å². The van der Waals surface area contributed by atoms with Gasteiger partial charge in [0.15, 0.2) is 0 Å². The zero-order valence-electron chi connectivity index (χ0n) is 18.2. The van der Waals surface area contributed by atoms with Crippen molar-refractivity contribution in [3.05, 3.63) is 53.0 Å². The maximum atomic E-state index is 12.7. The third kappa shape index (κ3) is 4.65. The summed E-state index contributed by atoms with van der Waals surface area (Å²) in [5, 5.41) is 0. The van der Waals surface area contributed by atoms with Crippen LogP contribution in [0.4, 0.5) is 5.82 Å². The van der Waals surface area contributed by atoms with E-state index in [0.29, 0.717) is 44.7 Å². The summed E-state index contributed by atoms with van der Waals surface area (Å²) in [6, 6.07) is 10.3. The molecule has 0 saturated carbocycles. The van der Waals surface area contributed by atoms with Crippen molar-refractivity contribution in [2.45, 2.75) is 51.9 Å². The standard InChI is InChI=1S/C23H30N4O3S/c1-3-31(29,30)26-15-13-19(16-26)22-24-17(2)20-11-12-21(28)27(23(20)25-22)14-7-10-18-8-5-4-6-9-18/h4-6,8-9,19H,3,7,10-16H2,1-2H3. The first-order valence-corrected chi connectivity index (χ1v) is 12.7. The molecule has 0 N–H and O–H groups in total. The number of sulfonamides is 1. The topological polar surface area (TPSA) is 83.5 Å². The molecule has 1 unspecified atom stereocenters. The fourth-order valence-electron chi connectivity index (χ4n) is 4.48. The Bertz CT molecular complexity index is 1060. The number of carbonyl (C=O) groups is 1. The molecule has 1 aromatic heterocycles. The Labute approximate surface area is 184 Å². The lowest BCUT2D eigenvalue weighted by Crippen LogP contribution is -2.38. The molecule has 1 saturated heterocycles. The molecule has 1 fully saturated rings. The molecule has 4 rings (SSSR count). The second-order valence-corrected chi connectivity index (χ2v) is 10.6. The number of nitrogens with zero attached hydrogens (tertiary/aromatic N) is 4. The highest BCUT2D eigenvalue weighted by atomic mass is 32.2. The van der Waals surface area contributed by atoms with Gasteiger partial charge in [-0.05, 0) is 45.1 Å². The van der Waals surface area contributed by atoms with Crippen LogP contribution in [0, 0.1) is 6.92 Å². The Kier molecular flexibility index (Phi) is 6.39. The van der Waals surface area contributed by atoms with E-state index in [4.69, 9.17) is 9.97 Å². The average Bonchev–Trinajstić information content (AvgIpc) is 3.27. The second-order valence-electron chi connectivity index (χ2n) is 8.35. The van der Waals surface area contributed by atoms with Crippen LogP contribution in [0.3, 0.4) is 0 Å². The van der Waals surface area contributed by atoms with Crippen LogP contribution in [0.25, 0.3) is 0 Å². The van der Waals surface area contributed by atoms with E-state index in [2.05, 4.69) is 12.1 Å². The van der Waals surface area contributed by atoms with E-state index in [9.17, 15) is 13.2 Å². The van der Waals surface area contributed by atoms with Crippen molar-refractivity contribution in [3.63, 3.8) is 0 Å². The first kappa shape index (κ1) is 21.9. The molecule has 1 atom stereocenters. The quantitative estimate of drug-likeness (QED) is 0.658. The van der Waals surface area contributed by atoms with Gasteiger partial charge < -0.3 is 0 Å². The van der Waals surface area contributed by atoms with Gasteiger partial charge in [-0.15, -0.1) is 0 Å². The van der Waals surface area contributed by atoms with Gasteiger partial charge in [-0.2, -0.15) is 0 Å². The minimum Gasteiger partial charge on any atom is -0.296 e. The molecular weight excluding hydrogens is 412 g/mol. The van der Waals surface area contributed by atoms with Crippen molar-refractivity contribution in [3.8, 4) is 0 Å². The van der Waals surface area contributed by atoms with Crippen LogP contribution >= 0.6 is 0 Å². The molecule has 3 heterocycles. The van der Waals surface area contributed by atoms with Crippen LogP contribution in [-0.4, -0.2) is 54.0 Å². The van der Waals surface area contributed by atoms with Crippen molar-refractivity contribution >= 4 is 21.7 Å². The molecule has 31 heavy (non-hydrogen) atoms. The van der Waals surface area contributed by atoms with Gasteiger partial charge in [-0.3, -0.25) is 9.69 Å². The normalized spacial score (nSPS) is 19.6. The molecule has 0 bridgehead atoms. The number of fused-ring (bicyclic) bond motifs is 1. The van der Waals surface area contributed by atoms with E-state index < -0.39 is 10.0 Å². The van der Waals surface area contributed by atoms with E-state index in [0.717, 1.165) is 29.9 Å². The monoisotopic (exact) mass is 442 g/mol. The summed E-state index contributed by atoms with van der Waals surface area (Å²) in [6.45, 7) is 5.17. The van der Waals surface area contributed by atoms with Crippen molar-refractivity contribution in [1.82, 2.24) is 14.3 Å². The van der Waals surface area contributed by atoms with Crippen LogP contribution < -0.4 is 4.90 Å². The third-order valence-electron chi connectivity index (χ3n) is 6.32. The average molecular weight is 443 g/mol. The van der Waals surface area contributed by atoms with Gasteiger partial charge in [-0.1, -0.05) is 30.3 Å². The minimum atomic E-state index is -3.21. The van der Waals surface area contributed by atoms with Gasteiger partial charge >= 0.3 is 0 Å². The zero-order valence-corrected chi connectivity index (χ0v) is 19.1. The van der Waals surface area contributed by atoms with Crippen LogP contribution in [0.5, 0.6) is 0 Å². The molecule has 1 amide bonds. The van der Waals surface area contributed by atoms with Crippen molar-refractivity contribution < 1.29 is 13.2 Å². The highest BCUT2D eigenvalue weighted by molar-refractivity contribution is 7.89. The maximum absolute atomic E-state index is 12.7. The number of carbonyl (C=O) groups excluding carboxylic acids is 1. The van der Waals surface area contributed by atoms with Crippen molar-refractivity contribution in [2.24, 2.45) is 0 Å². The van der Waals surface area contributed by atoms with E-state index in [-0.39, 0.29) is 17.6 Å². The fourth-order valence-corrected chi connectivity index (χ4v) is 5.63. The first-order chi connectivity index (χ1) is 14.9. The highest BCUT2D eigenvalue weighted by Gasteiger charge is 2.34. The van der Waals surface area contributed by atoms with Gasteiger partial charge in [0.25, 0.3) is 0 Å². The molecule has 166 valence electrons. The molecule has 0 aliphatic carbocycles. The predicted molar refractivity (Wildman–Crippen MR) is 121 cm³/mol. The van der Waals surface area contributed by atoms with Crippen LogP contribution in [0.15, 0.2) is 30.3 Å². The molecule has 2 aromatic rings. The number of aromatic nitrogens is 2. The summed E-state index contributed by atoms with van der Waals surface area (Å²) < 4.78 is 26.0. The molecular formula is C23H30N4O3S. The summed E-state index contributed by atoms with van der Waals surface area (Å²) in [6.07, 6.45) is 3.62. The molecule has 8 heteroatoms. The summed E-state index contributed by atoms with van der Waals surface area (Å²) in [4.78, 5) is 24.1. The largest absolute Gasteiger partial charge is 0.296 e. The van der Waals surface area contributed by atoms with E-state index >= 15 is 0 Å². The van der Waals surface area contributed by atoms with E-state index in [1.807, 2.05) is 30.0 Å². The maximum Gasteiger partial charge on any atom is 0.228 e. The first-order valence-electron chi connectivity index (χ1n) is 11.1. The second kappa shape index (κ2) is 9.04. The van der Waals surface area contributed by atoms with E-state index in [1.54, 1.807) is 11.2 Å². The minimum absolute atomic E-state index is 0.0338. The lowest BCUT2D eigenvalue weighted by atomic mass is 10.0. The number of hydrogen-bond donors (Lipinski definition) is 0. The number of anilines is 1. The molecule has 0 spiro atoms. The fraction of sp³-hybridized carbons (Fsp3) is 0.522. The molecule has 1 aromatic carbocycles. The molecule has 2 aliphatic heterocycles. The Balaban J connectivity index is 1.54. The SMILES string of the molecule is CCS(=O)(=O)N1CCC(c2nc(C)c3c(n2)N(CCCc2ccccc2)C(=O)CC3)C1. The Hall–Kier alpha value is -2.32. The summed E-state index contributed by atoms with van der Waals surface area (Å²) >= 11 is 0. The number of rotatable bonds is 7. The lowest BCUT2D eigenvalue weighted by molar-refractivity contribution is -0.119. The van der Waals surface area contributed by atoms with Gasteiger partial charge in [0.05, 0.1) is 5.75 Å². The molecule has 2 aliphatic rings. The van der Waals surface area contributed by atoms with Crippen LogP contribution in [-0.2, 0) is 27.7 Å². The number of amides is 1. The van der Waals surface area contributed by atoms with Gasteiger partial charge in [0.2, 0.25) is 15.9 Å². The van der Waals surface area contributed by atoms with Crippen molar-refractivity contribution in [1.29, 1.82) is 0 Å². The van der Waals surface area contributed by atoms with Crippen LogP contribution in [0.2, 0.25) is 0 Å². The van der Waals surface area contributed by atoms with Crippen molar-refractivity contribution in [2.75, 3.05) is 30.3 Å². The summed E-state index contributed by atoms with van der Waals surface area (Å²) in [7, 11) is -3.21. The zero-order chi connectivity index (χ0) is 22.0. The number of aryl methyl sites for hydroxylation is 2. The predicted octanol–water partition coefficient (Wildman–Crippen LogP) is 2.84. The van der Waals surface area contributed by atoms with Gasteiger partial charge in [-0.25, -0.2) is 22.7 Å². The Morgan fingerprint density at radius 3 is 2.65 bits per heavy atom. The summed E-state index contributed by atoms with van der Waals surface area (Å²) in [5.41, 5.74) is 3.20. The third-order valence-corrected chi connectivity index (χ3v) is 8.17. The lowest BCUT2D eigenvalue weighted by Gasteiger charge is -2.30. The number of hydrogen-bond acceptors (Lipinski definition) is 5. The number of benzene rings is 1. The van der Waals surface area contributed by atoms with E-state index in [1.165, 1.54) is 5.56 Å². The Morgan fingerprint density at radius 2 is 1.90 bits per heavy atom. The van der Waals surface area contributed by atoms with Gasteiger partial charge in [0, 0.05) is 43.2 Å². The Morgan fingerprint density at radius 1 is 1.13 bits per heavy atom. The van der Waals surface area contributed by atoms with Crippen LogP contribution in [0.1, 0.15) is 54.7 Å². The molecule has 0 radical (unpaired) electrons. The highest BCUT2D eigenvalue weighted by Crippen LogP contribution is 2.33. The summed E-state index contributed by atoms with van der Waals surface area (Å²) in [5.74, 6) is 1.56.